The quantitative estimate of drug-likeness (QED) is 0.840. The largest absolute Gasteiger partial charge is 0.478 e. The van der Waals surface area contributed by atoms with Crippen molar-refractivity contribution in [2.75, 3.05) is 11.5 Å². The molecule has 1 atom stereocenters. The molecule has 0 aliphatic rings. The van der Waals surface area contributed by atoms with Crippen molar-refractivity contribution in [3.8, 4) is 0 Å². The standard InChI is InChI=1S/C16H22N2O2S/c1-4-6-15-17-13-9-12(16(19)20)7-8-14(13)18(15)11(3)10-21-5-2/h7-9,11H,4-6,10H2,1-3H3,(H,19,20). The van der Waals surface area contributed by atoms with Crippen LogP contribution < -0.4 is 0 Å². The maximum absolute atomic E-state index is 11.1. The first-order valence-corrected chi connectivity index (χ1v) is 8.55. The van der Waals surface area contributed by atoms with Gasteiger partial charge in [-0.2, -0.15) is 11.8 Å². The highest BCUT2D eigenvalue weighted by Crippen LogP contribution is 2.25. The number of carboxylic acids is 1. The van der Waals surface area contributed by atoms with Gasteiger partial charge in [0.1, 0.15) is 5.82 Å². The summed E-state index contributed by atoms with van der Waals surface area (Å²) in [6.45, 7) is 6.50. The number of nitrogens with zero attached hydrogens (tertiary/aromatic N) is 2. The lowest BCUT2D eigenvalue weighted by molar-refractivity contribution is 0.0697. The van der Waals surface area contributed by atoms with Crippen molar-refractivity contribution < 1.29 is 9.90 Å². The molecule has 0 aliphatic carbocycles. The third-order valence-electron chi connectivity index (χ3n) is 3.49. The third kappa shape index (κ3) is 3.40. The minimum Gasteiger partial charge on any atom is -0.478 e. The van der Waals surface area contributed by atoms with Crippen molar-refractivity contribution in [1.82, 2.24) is 9.55 Å². The summed E-state index contributed by atoms with van der Waals surface area (Å²) in [5, 5.41) is 9.11. The van der Waals surface area contributed by atoms with E-state index < -0.39 is 5.97 Å². The van der Waals surface area contributed by atoms with Gasteiger partial charge in [-0.05, 0) is 37.3 Å². The van der Waals surface area contributed by atoms with Crippen molar-refractivity contribution in [2.24, 2.45) is 0 Å². The molecule has 1 heterocycles. The van der Waals surface area contributed by atoms with Gasteiger partial charge in [0.2, 0.25) is 0 Å². The first kappa shape index (κ1) is 15.9. The van der Waals surface area contributed by atoms with Gasteiger partial charge in [0, 0.05) is 18.2 Å². The van der Waals surface area contributed by atoms with Gasteiger partial charge in [-0.1, -0.05) is 13.8 Å². The molecule has 2 aromatic rings. The Balaban J connectivity index is 2.49. The fourth-order valence-electron chi connectivity index (χ4n) is 2.54. The Morgan fingerprint density at radius 3 is 2.81 bits per heavy atom. The Labute approximate surface area is 129 Å². The third-order valence-corrected chi connectivity index (χ3v) is 4.61. The van der Waals surface area contributed by atoms with E-state index in [0.717, 1.165) is 41.2 Å². The number of carboxylic acid groups (broad SMARTS) is 1. The highest BCUT2D eigenvalue weighted by Gasteiger charge is 2.16. The lowest BCUT2D eigenvalue weighted by Crippen LogP contribution is -2.11. The summed E-state index contributed by atoms with van der Waals surface area (Å²) in [5.74, 6) is 2.29. The summed E-state index contributed by atoms with van der Waals surface area (Å²) in [4.78, 5) is 15.8. The minimum atomic E-state index is -0.905. The second kappa shape index (κ2) is 6.98. The van der Waals surface area contributed by atoms with Crippen LogP contribution in [0.1, 0.15) is 49.4 Å². The van der Waals surface area contributed by atoms with Crippen LogP contribution >= 0.6 is 11.8 Å². The van der Waals surface area contributed by atoms with Gasteiger partial charge in [0.25, 0.3) is 0 Å². The number of fused-ring (bicyclic) bond motifs is 1. The zero-order chi connectivity index (χ0) is 15.4. The van der Waals surface area contributed by atoms with Crippen LogP contribution in [0.2, 0.25) is 0 Å². The molecular formula is C16H22N2O2S. The number of rotatable bonds is 7. The van der Waals surface area contributed by atoms with E-state index in [1.807, 2.05) is 17.8 Å². The molecular weight excluding hydrogens is 284 g/mol. The number of benzene rings is 1. The fraction of sp³-hybridized carbons (Fsp3) is 0.500. The maximum Gasteiger partial charge on any atom is 0.335 e. The van der Waals surface area contributed by atoms with Gasteiger partial charge in [0.15, 0.2) is 0 Å². The van der Waals surface area contributed by atoms with Gasteiger partial charge in [-0.15, -0.1) is 0 Å². The molecule has 0 bridgehead atoms. The average Bonchev–Trinajstić information content (AvgIpc) is 2.82. The highest BCUT2D eigenvalue weighted by atomic mass is 32.2. The van der Waals surface area contributed by atoms with Crippen LogP contribution in [0.4, 0.5) is 0 Å². The summed E-state index contributed by atoms with van der Waals surface area (Å²) in [6, 6.07) is 5.58. The van der Waals surface area contributed by atoms with E-state index in [9.17, 15) is 4.79 Å². The lowest BCUT2D eigenvalue weighted by Gasteiger charge is -2.17. The number of imidazole rings is 1. The van der Waals surface area contributed by atoms with Crippen molar-refractivity contribution in [1.29, 1.82) is 0 Å². The summed E-state index contributed by atoms with van der Waals surface area (Å²) < 4.78 is 2.27. The molecule has 0 saturated carbocycles. The molecule has 21 heavy (non-hydrogen) atoms. The average molecular weight is 306 g/mol. The van der Waals surface area contributed by atoms with Crippen molar-refractivity contribution in [3.05, 3.63) is 29.6 Å². The monoisotopic (exact) mass is 306 g/mol. The van der Waals surface area contributed by atoms with E-state index in [-0.39, 0.29) is 0 Å². The summed E-state index contributed by atoms with van der Waals surface area (Å²) >= 11 is 1.92. The van der Waals surface area contributed by atoms with Gasteiger partial charge >= 0.3 is 5.97 Å². The normalized spacial score (nSPS) is 12.7. The molecule has 5 heteroatoms. The minimum absolute atomic E-state index is 0.297. The Kier molecular flexibility index (Phi) is 5.28. The summed E-state index contributed by atoms with van der Waals surface area (Å²) in [7, 11) is 0. The molecule has 0 saturated heterocycles. The molecule has 1 N–H and O–H groups in total. The molecule has 4 nitrogen and oxygen atoms in total. The first-order chi connectivity index (χ1) is 10.1. The molecule has 0 amide bonds. The Bertz CT molecular complexity index is 636. The predicted octanol–water partition coefficient (Wildman–Crippen LogP) is 4.00. The molecule has 114 valence electrons. The Morgan fingerprint density at radius 2 is 2.19 bits per heavy atom. The Hall–Kier alpha value is -1.49. The SMILES string of the molecule is CCCc1nc2cc(C(=O)O)ccc2n1C(C)CSCC. The van der Waals surface area contributed by atoms with Gasteiger partial charge in [-0.25, -0.2) is 9.78 Å². The Morgan fingerprint density at radius 1 is 1.43 bits per heavy atom. The smallest absolute Gasteiger partial charge is 0.335 e. The van der Waals surface area contributed by atoms with Crippen LogP contribution in [0.15, 0.2) is 18.2 Å². The van der Waals surface area contributed by atoms with Crippen LogP contribution in [0.3, 0.4) is 0 Å². The van der Waals surface area contributed by atoms with Crippen molar-refractivity contribution in [3.63, 3.8) is 0 Å². The number of thioether (sulfide) groups is 1. The van der Waals surface area contributed by atoms with Crippen LogP contribution in [-0.4, -0.2) is 32.1 Å². The van der Waals surface area contributed by atoms with Gasteiger partial charge < -0.3 is 9.67 Å². The van der Waals surface area contributed by atoms with Gasteiger partial charge in [0.05, 0.1) is 16.6 Å². The summed E-state index contributed by atoms with van der Waals surface area (Å²) in [6.07, 6.45) is 1.95. The van der Waals surface area contributed by atoms with E-state index >= 15 is 0 Å². The van der Waals surface area contributed by atoms with Crippen molar-refractivity contribution >= 4 is 28.8 Å². The van der Waals surface area contributed by atoms with Crippen LogP contribution in [0.5, 0.6) is 0 Å². The molecule has 0 fully saturated rings. The number of hydrogen-bond donors (Lipinski definition) is 1. The van der Waals surface area contributed by atoms with E-state index in [0.29, 0.717) is 11.6 Å². The fourth-order valence-corrected chi connectivity index (χ4v) is 3.26. The zero-order valence-corrected chi connectivity index (χ0v) is 13.6. The zero-order valence-electron chi connectivity index (χ0n) is 12.8. The first-order valence-electron chi connectivity index (χ1n) is 7.40. The molecule has 1 unspecified atom stereocenters. The molecule has 0 radical (unpaired) electrons. The molecule has 0 aliphatic heterocycles. The van der Waals surface area contributed by atoms with E-state index in [1.165, 1.54) is 0 Å². The van der Waals surface area contributed by atoms with E-state index in [1.54, 1.807) is 12.1 Å². The van der Waals surface area contributed by atoms with Crippen LogP contribution in [-0.2, 0) is 6.42 Å². The molecule has 2 rings (SSSR count). The topological polar surface area (TPSA) is 55.1 Å². The molecule has 1 aromatic heterocycles. The van der Waals surface area contributed by atoms with Crippen LogP contribution in [0, 0.1) is 0 Å². The van der Waals surface area contributed by atoms with E-state index in [4.69, 9.17) is 5.11 Å². The second-order valence-electron chi connectivity index (χ2n) is 5.17. The number of aryl methyl sites for hydroxylation is 1. The lowest BCUT2D eigenvalue weighted by atomic mass is 10.2. The number of aromatic carboxylic acids is 1. The predicted molar refractivity (Wildman–Crippen MR) is 88.4 cm³/mol. The maximum atomic E-state index is 11.1. The number of carbonyl (C=O) groups is 1. The highest BCUT2D eigenvalue weighted by molar-refractivity contribution is 7.99. The second-order valence-corrected chi connectivity index (χ2v) is 6.48. The van der Waals surface area contributed by atoms with E-state index in [2.05, 4.69) is 30.3 Å². The number of aromatic nitrogens is 2. The van der Waals surface area contributed by atoms with Gasteiger partial charge in [-0.3, -0.25) is 0 Å². The molecule has 0 spiro atoms. The van der Waals surface area contributed by atoms with Crippen LogP contribution in [0.25, 0.3) is 11.0 Å². The summed E-state index contributed by atoms with van der Waals surface area (Å²) in [5.41, 5.74) is 2.12. The number of hydrogen-bond acceptors (Lipinski definition) is 3. The molecule has 1 aromatic carbocycles. The van der Waals surface area contributed by atoms with Crippen molar-refractivity contribution in [2.45, 2.75) is 39.7 Å².